The maximum absolute atomic E-state index is 11.9. The van der Waals surface area contributed by atoms with E-state index in [0.29, 0.717) is 0 Å². The first kappa shape index (κ1) is 11.6. The van der Waals surface area contributed by atoms with E-state index in [1.807, 2.05) is 0 Å². The molecular formula is C8H7ClF2N2O2. The van der Waals surface area contributed by atoms with E-state index in [1.54, 1.807) is 0 Å². The average molecular weight is 237 g/mol. The zero-order valence-corrected chi connectivity index (χ0v) is 8.17. The van der Waals surface area contributed by atoms with Gasteiger partial charge in [-0.1, -0.05) is 11.6 Å². The average Bonchev–Trinajstić information content (AvgIpc) is 2.15. The number of halogens is 3. The number of hydrogen-bond acceptors (Lipinski definition) is 3. The van der Waals surface area contributed by atoms with E-state index in [4.69, 9.17) is 11.6 Å². The number of benzene rings is 1. The Balaban J connectivity index is 2.91. The van der Waals surface area contributed by atoms with E-state index in [0.717, 1.165) is 6.07 Å². The zero-order chi connectivity index (χ0) is 11.4. The molecule has 4 nitrogen and oxygen atoms in total. The summed E-state index contributed by atoms with van der Waals surface area (Å²) in [5, 5.41) is 13.0. The minimum Gasteiger partial charge on any atom is -0.374 e. The first-order valence-corrected chi connectivity index (χ1v) is 4.34. The van der Waals surface area contributed by atoms with Gasteiger partial charge in [0.1, 0.15) is 5.69 Å². The van der Waals surface area contributed by atoms with Crippen LogP contribution in [0.2, 0.25) is 5.02 Å². The summed E-state index contributed by atoms with van der Waals surface area (Å²) in [6.45, 7) is -0.636. The number of rotatable bonds is 4. The van der Waals surface area contributed by atoms with Crippen molar-refractivity contribution in [2.75, 3.05) is 11.9 Å². The van der Waals surface area contributed by atoms with Crippen molar-refractivity contribution in [3.8, 4) is 0 Å². The van der Waals surface area contributed by atoms with Crippen LogP contribution < -0.4 is 5.32 Å². The van der Waals surface area contributed by atoms with Gasteiger partial charge in [-0.2, -0.15) is 0 Å². The van der Waals surface area contributed by atoms with E-state index in [2.05, 4.69) is 5.32 Å². The topological polar surface area (TPSA) is 55.2 Å². The fourth-order valence-corrected chi connectivity index (χ4v) is 1.16. The number of nitrogens with zero attached hydrogens (tertiary/aromatic N) is 1. The van der Waals surface area contributed by atoms with E-state index in [1.165, 1.54) is 12.1 Å². The zero-order valence-electron chi connectivity index (χ0n) is 7.41. The first-order chi connectivity index (χ1) is 7.00. The number of alkyl halides is 2. The third kappa shape index (κ3) is 3.32. The van der Waals surface area contributed by atoms with Gasteiger partial charge in [0.2, 0.25) is 0 Å². The van der Waals surface area contributed by atoms with Crippen molar-refractivity contribution in [1.29, 1.82) is 0 Å². The molecule has 0 atom stereocenters. The third-order valence-electron chi connectivity index (χ3n) is 1.60. The molecular weight excluding hydrogens is 230 g/mol. The van der Waals surface area contributed by atoms with Gasteiger partial charge in [0.05, 0.1) is 11.5 Å². The van der Waals surface area contributed by atoms with Gasteiger partial charge in [0, 0.05) is 11.1 Å². The third-order valence-corrected chi connectivity index (χ3v) is 1.84. The predicted octanol–water partition coefficient (Wildman–Crippen LogP) is 2.93. The molecule has 0 saturated heterocycles. The second-order valence-corrected chi connectivity index (χ2v) is 3.13. The van der Waals surface area contributed by atoms with Gasteiger partial charge in [-0.15, -0.1) is 0 Å². The maximum atomic E-state index is 11.9. The molecule has 0 radical (unpaired) electrons. The molecule has 0 aliphatic rings. The molecule has 7 heteroatoms. The minimum absolute atomic E-state index is 0.0321. The molecule has 1 rings (SSSR count). The molecule has 0 aromatic heterocycles. The molecule has 0 bridgehead atoms. The second-order valence-electron chi connectivity index (χ2n) is 2.69. The van der Waals surface area contributed by atoms with Crippen LogP contribution in [0.25, 0.3) is 0 Å². The molecule has 1 aromatic carbocycles. The Morgan fingerprint density at radius 2 is 2.20 bits per heavy atom. The molecule has 0 fully saturated rings. The summed E-state index contributed by atoms with van der Waals surface area (Å²) < 4.78 is 23.7. The van der Waals surface area contributed by atoms with Gasteiger partial charge in [-0.25, -0.2) is 8.78 Å². The van der Waals surface area contributed by atoms with Crippen LogP contribution in [-0.4, -0.2) is 17.9 Å². The monoisotopic (exact) mass is 236 g/mol. The summed E-state index contributed by atoms with van der Waals surface area (Å²) in [5.41, 5.74) is -0.284. The minimum atomic E-state index is -2.57. The molecule has 0 amide bonds. The number of nitro groups is 1. The van der Waals surface area contributed by atoms with Gasteiger partial charge in [0.15, 0.2) is 0 Å². The van der Waals surface area contributed by atoms with E-state index < -0.39 is 17.9 Å². The fraction of sp³-hybridized carbons (Fsp3) is 0.250. The SMILES string of the molecule is O=[N+]([O-])c1cc(Cl)ccc1NCC(F)F. The lowest BCUT2D eigenvalue weighted by Gasteiger charge is -2.06. The van der Waals surface area contributed by atoms with Crippen molar-refractivity contribution in [3.63, 3.8) is 0 Å². The number of hydrogen-bond donors (Lipinski definition) is 1. The van der Waals surface area contributed by atoms with Gasteiger partial charge < -0.3 is 5.32 Å². The largest absolute Gasteiger partial charge is 0.374 e. The van der Waals surface area contributed by atoms with Crippen LogP contribution in [0.15, 0.2) is 18.2 Å². The molecule has 0 aliphatic heterocycles. The Labute approximate surface area is 89.0 Å². The molecule has 0 aliphatic carbocycles. The standard InChI is InChI=1S/C8H7ClF2N2O2/c9-5-1-2-6(12-4-8(10)11)7(3-5)13(14)15/h1-3,8,12H,4H2. The summed E-state index contributed by atoms with van der Waals surface area (Å²) in [6.07, 6.45) is -2.57. The molecule has 0 saturated carbocycles. The van der Waals surface area contributed by atoms with Crippen molar-refractivity contribution in [1.82, 2.24) is 0 Å². The smallest absolute Gasteiger partial charge is 0.293 e. The van der Waals surface area contributed by atoms with Crippen LogP contribution in [-0.2, 0) is 0 Å². The lowest BCUT2D eigenvalue weighted by molar-refractivity contribution is -0.383. The molecule has 1 aromatic rings. The number of nitrogens with one attached hydrogen (secondary N) is 1. The Morgan fingerprint density at radius 1 is 1.53 bits per heavy atom. The van der Waals surface area contributed by atoms with E-state index >= 15 is 0 Å². The quantitative estimate of drug-likeness (QED) is 0.646. The lowest BCUT2D eigenvalue weighted by atomic mass is 10.2. The molecule has 1 N–H and O–H groups in total. The summed E-state index contributed by atoms with van der Waals surface area (Å²) >= 11 is 5.54. The van der Waals surface area contributed by atoms with Crippen LogP contribution in [0.5, 0.6) is 0 Å². The molecule has 0 unspecified atom stereocenters. The van der Waals surface area contributed by atoms with Gasteiger partial charge in [-0.05, 0) is 12.1 Å². The van der Waals surface area contributed by atoms with E-state index in [9.17, 15) is 18.9 Å². The molecule has 0 spiro atoms. The van der Waals surface area contributed by atoms with Gasteiger partial charge in [0.25, 0.3) is 12.1 Å². The van der Waals surface area contributed by atoms with Gasteiger partial charge >= 0.3 is 0 Å². The van der Waals surface area contributed by atoms with Crippen molar-refractivity contribution >= 4 is 23.0 Å². The van der Waals surface area contributed by atoms with Crippen LogP contribution in [0, 0.1) is 10.1 Å². The van der Waals surface area contributed by atoms with Crippen LogP contribution in [0.3, 0.4) is 0 Å². The maximum Gasteiger partial charge on any atom is 0.293 e. The fourth-order valence-electron chi connectivity index (χ4n) is 0.992. The highest BCUT2D eigenvalue weighted by molar-refractivity contribution is 6.30. The number of anilines is 1. The van der Waals surface area contributed by atoms with Crippen LogP contribution >= 0.6 is 11.6 Å². The predicted molar refractivity (Wildman–Crippen MR) is 52.6 cm³/mol. The summed E-state index contributed by atoms with van der Waals surface area (Å²) in [4.78, 5) is 9.86. The Bertz CT molecular complexity index is 374. The highest BCUT2D eigenvalue weighted by Gasteiger charge is 2.14. The van der Waals surface area contributed by atoms with Crippen LogP contribution in [0.1, 0.15) is 0 Å². The second kappa shape index (κ2) is 4.88. The lowest BCUT2D eigenvalue weighted by Crippen LogP contribution is -2.11. The van der Waals surface area contributed by atoms with Crippen molar-refractivity contribution in [2.24, 2.45) is 0 Å². The Morgan fingerprint density at radius 3 is 2.73 bits per heavy atom. The number of nitro benzene ring substituents is 1. The Kier molecular flexibility index (Phi) is 3.79. The first-order valence-electron chi connectivity index (χ1n) is 3.96. The van der Waals surface area contributed by atoms with Crippen molar-refractivity contribution < 1.29 is 13.7 Å². The highest BCUT2D eigenvalue weighted by atomic mass is 35.5. The van der Waals surface area contributed by atoms with Gasteiger partial charge in [-0.3, -0.25) is 10.1 Å². The normalized spacial score (nSPS) is 10.4. The highest BCUT2D eigenvalue weighted by Crippen LogP contribution is 2.27. The van der Waals surface area contributed by atoms with Crippen molar-refractivity contribution in [2.45, 2.75) is 6.43 Å². The molecule has 0 heterocycles. The Hall–Kier alpha value is -1.43. The summed E-state index contributed by atoms with van der Waals surface area (Å²) in [6, 6.07) is 3.79. The van der Waals surface area contributed by atoms with E-state index in [-0.39, 0.29) is 16.4 Å². The molecule has 15 heavy (non-hydrogen) atoms. The van der Waals surface area contributed by atoms with Crippen LogP contribution in [0.4, 0.5) is 20.2 Å². The van der Waals surface area contributed by atoms with Crippen molar-refractivity contribution in [3.05, 3.63) is 33.3 Å². The molecule has 82 valence electrons. The summed E-state index contributed by atoms with van der Waals surface area (Å²) in [7, 11) is 0. The summed E-state index contributed by atoms with van der Waals surface area (Å²) in [5.74, 6) is 0.